The highest BCUT2D eigenvalue weighted by Gasteiger charge is 2.57. The molecule has 218 valence electrons. The highest BCUT2D eigenvalue weighted by Crippen LogP contribution is 2.48. The zero-order valence-corrected chi connectivity index (χ0v) is 22.9. The number of hydrogen-bond donors (Lipinski definition) is 5. The highest BCUT2D eigenvalue weighted by atomic mass is 31.2. The van der Waals surface area contributed by atoms with Crippen LogP contribution in [0.15, 0.2) is 48.8 Å². The van der Waals surface area contributed by atoms with Crippen molar-refractivity contribution < 1.29 is 38.1 Å². The van der Waals surface area contributed by atoms with Crippen LogP contribution in [0.2, 0.25) is 0 Å². The van der Waals surface area contributed by atoms with Crippen LogP contribution in [0.5, 0.6) is 5.75 Å². The Kier molecular flexibility index (Phi) is 8.25. The molecular weight excluding hydrogens is 557 g/mol. The first-order valence-electron chi connectivity index (χ1n) is 12.9. The highest BCUT2D eigenvalue weighted by molar-refractivity contribution is 7.52. The summed E-state index contributed by atoms with van der Waals surface area (Å²) in [6.07, 6.45) is -3.08. The summed E-state index contributed by atoms with van der Waals surface area (Å²) in [4.78, 5) is 16.6. The number of ether oxygens (including phenoxy) is 2. The molecular formula is C25H30N7O8P. The minimum Gasteiger partial charge on any atom is -0.460 e. The minimum atomic E-state index is -4.41. The molecule has 4 heterocycles. The molecule has 0 amide bonds. The van der Waals surface area contributed by atoms with Crippen LogP contribution in [0.4, 0.5) is 5.82 Å². The van der Waals surface area contributed by atoms with Crippen LogP contribution in [0.1, 0.15) is 25.1 Å². The molecule has 2 fully saturated rings. The van der Waals surface area contributed by atoms with Crippen molar-refractivity contribution in [1.82, 2.24) is 25.0 Å². The Balaban J connectivity index is 1.36. The number of nitrogens with two attached hydrogens (primary N) is 1. The molecule has 2 aliphatic rings. The number of aromatic nitrogens is 3. The number of aliphatic hydroxyl groups excluding tert-OH is 2. The van der Waals surface area contributed by atoms with Crippen molar-refractivity contribution in [3.8, 4) is 11.8 Å². The zero-order valence-electron chi connectivity index (χ0n) is 22.0. The molecule has 1 aromatic carbocycles. The van der Waals surface area contributed by atoms with E-state index in [0.717, 1.165) is 0 Å². The third kappa shape index (κ3) is 5.90. The molecule has 15 nitrogen and oxygen atoms in total. The number of rotatable bonds is 10. The zero-order chi connectivity index (χ0) is 29.2. The second kappa shape index (κ2) is 11.7. The van der Waals surface area contributed by atoms with Gasteiger partial charge >= 0.3 is 13.7 Å². The number of benzene rings is 1. The molecule has 0 bridgehead atoms. The number of aliphatic hydroxyl groups is 2. The van der Waals surface area contributed by atoms with Crippen LogP contribution in [-0.4, -0.2) is 80.4 Å². The quantitative estimate of drug-likeness (QED) is 0.161. The number of nitriles is 1. The van der Waals surface area contributed by atoms with E-state index in [2.05, 4.69) is 20.5 Å². The van der Waals surface area contributed by atoms with Gasteiger partial charge in [-0.3, -0.25) is 9.32 Å². The van der Waals surface area contributed by atoms with Crippen LogP contribution < -0.4 is 20.7 Å². The Morgan fingerprint density at radius 1 is 1.37 bits per heavy atom. The summed E-state index contributed by atoms with van der Waals surface area (Å²) < 4.78 is 37.9. The second-order valence-electron chi connectivity index (χ2n) is 9.75. The number of nitrogen functional groups attached to an aromatic ring is 1. The first-order valence-corrected chi connectivity index (χ1v) is 14.4. The van der Waals surface area contributed by atoms with Gasteiger partial charge in [0.05, 0.1) is 5.69 Å². The van der Waals surface area contributed by atoms with Gasteiger partial charge in [0, 0.05) is 6.54 Å². The number of hydrogen-bond acceptors (Lipinski definition) is 13. The molecule has 0 saturated carbocycles. The average molecular weight is 588 g/mol. The van der Waals surface area contributed by atoms with E-state index in [1.165, 1.54) is 29.9 Å². The van der Waals surface area contributed by atoms with Gasteiger partial charge in [-0.2, -0.15) is 15.4 Å². The molecule has 2 aliphatic heterocycles. The van der Waals surface area contributed by atoms with E-state index in [-0.39, 0.29) is 23.4 Å². The molecule has 3 aromatic rings. The van der Waals surface area contributed by atoms with E-state index in [9.17, 15) is 24.8 Å². The van der Waals surface area contributed by atoms with E-state index in [1.807, 2.05) is 6.07 Å². The Morgan fingerprint density at radius 2 is 2.15 bits per heavy atom. The molecule has 5 rings (SSSR count). The molecule has 0 aliphatic carbocycles. The van der Waals surface area contributed by atoms with Crippen molar-refractivity contribution in [2.75, 3.05) is 25.4 Å². The molecule has 2 unspecified atom stereocenters. The van der Waals surface area contributed by atoms with Gasteiger partial charge in [0.1, 0.15) is 60.7 Å². The lowest BCUT2D eigenvalue weighted by atomic mass is 9.96. The van der Waals surface area contributed by atoms with Crippen LogP contribution in [0, 0.1) is 11.3 Å². The second-order valence-corrected chi connectivity index (χ2v) is 11.4. The van der Waals surface area contributed by atoms with Crippen LogP contribution in [-0.2, 0) is 23.4 Å². The SMILES string of the molecule is CC(NP(=O)(OC[C@@]1(C#N)O[C@@H](c2ccc3c(N)ncnn23)[C@H](O)[C@@H]1O)Oc1ccccc1)C(=O)O[C@H]1CCNC1. The first-order chi connectivity index (χ1) is 19.6. The standard InChI is InChI=1S/C25H30N7O8P/c1-15(24(35)38-17-9-10-28-11-17)31-41(36,40-16-5-3-2-4-6-16)37-13-25(12-26)22(34)20(33)21(39-25)18-7-8-19-23(27)29-14-30-32(18)19/h2-8,14-15,17,20-22,28,33-34H,9-11,13H2,1H3,(H,31,36)(H2,27,29,30)/t15?,17-,20-,21-,22-,25+,41?/m0/s1. The smallest absolute Gasteiger partial charge is 0.459 e. The maximum atomic E-state index is 13.9. The maximum absolute atomic E-state index is 13.9. The molecule has 41 heavy (non-hydrogen) atoms. The Morgan fingerprint density at radius 3 is 2.85 bits per heavy atom. The van der Waals surface area contributed by atoms with Crippen molar-refractivity contribution in [1.29, 1.82) is 5.26 Å². The molecule has 2 saturated heterocycles. The van der Waals surface area contributed by atoms with Gasteiger partial charge in [0.25, 0.3) is 0 Å². The van der Waals surface area contributed by atoms with E-state index in [1.54, 1.807) is 30.3 Å². The minimum absolute atomic E-state index is 0.151. The molecule has 7 atom stereocenters. The van der Waals surface area contributed by atoms with Crippen molar-refractivity contribution in [2.45, 2.75) is 49.4 Å². The fraction of sp³-hybridized carbons (Fsp3) is 0.440. The number of para-hydroxylation sites is 1. The van der Waals surface area contributed by atoms with Gasteiger partial charge in [-0.25, -0.2) is 14.1 Å². The first kappa shape index (κ1) is 28.9. The van der Waals surface area contributed by atoms with Crippen molar-refractivity contribution >= 4 is 25.1 Å². The van der Waals surface area contributed by atoms with E-state index < -0.39 is 50.3 Å². The van der Waals surface area contributed by atoms with Gasteiger partial charge in [-0.1, -0.05) is 18.2 Å². The Labute approximate surface area is 234 Å². The van der Waals surface area contributed by atoms with Crippen molar-refractivity contribution in [2.24, 2.45) is 0 Å². The Bertz CT molecular complexity index is 1480. The summed E-state index contributed by atoms with van der Waals surface area (Å²) in [5.74, 6) is -0.350. The molecule has 6 N–H and O–H groups in total. The number of carbonyl (C=O) groups is 1. The molecule has 0 spiro atoms. The van der Waals surface area contributed by atoms with E-state index >= 15 is 0 Å². The lowest BCUT2D eigenvalue weighted by Gasteiger charge is -2.28. The molecule has 2 aromatic heterocycles. The van der Waals surface area contributed by atoms with Gasteiger partial charge in [-0.05, 0) is 44.2 Å². The number of nitrogens with zero attached hydrogens (tertiary/aromatic N) is 4. The number of esters is 1. The van der Waals surface area contributed by atoms with Crippen molar-refractivity contribution in [3.63, 3.8) is 0 Å². The predicted molar refractivity (Wildman–Crippen MR) is 142 cm³/mol. The molecule has 0 radical (unpaired) electrons. The predicted octanol–water partition coefficient (Wildman–Crippen LogP) is 0.454. The molecule has 16 heteroatoms. The average Bonchev–Trinajstić information content (AvgIpc) is 3.69. The van der Waals surface area contributed by atoms with Crippen LogP contribution in [0.25, 0.3) is 5.52 Å². The van der Waals surface area contributed by atoms with Gasteiger partial charge in [-0.15, -0.1) is 0 Å². The lowest BCUT2D eigenvalue weighted by Crippen LogP contribution is -2.46. The summed E-state index contributed by atoms with van der Waals surface area (Å²) in [6, 6.07) is 11.9. The summed E-state index contributed by atoms with van der Waals surface area (Å²) in [7, 11) is -4.41. The fourth-order valence-corrected chi connectivity index (χ4v) is 6.17. The summed E-state index contributed by atoms with van der Waals surface area (Å²) in [5.41, 5.74) is 4.43. The van der Waals surface area contributed by atoms with E-state index in [0.29, 0.717) is 25.0 Å². The van der Waals surface area contributed by atoms with Gasteiger partial charge < -0.3 is 35.3 Å². The van der Waals surface area contributed by atoms with Crippen LogP contribution >= 0.6 is 7.75 Å². The topological polar surface area (TPSA) is 216 Å². The number of anilines is 1. The fourth-order valence-electron chi connectivity index (χ4n) is 4.65. The normalized spacial score (nSPS) is 28.1. The van der Waals surface area contributed by atoms with Gasteiger partial charge in [0.2, 0.25) is 5.60 Å². The lowest BCUT2D eigenvalue weighted by molar-refractivity contribution is -0.149. The monoisotopic (exact) mass is 587 g/mol. The Hall–Kier alpha value is -3.61. The van der Waals surface area contributed by atoms with Crippen LogP contribution in [0.3, 0.4) is 0 Å². The van der Waals surface area contributed by atoms with Crippen molar-refractivity contribution in [3.05, 3.63) is 54.5 Å². The third-order valence-electron chi connectivity index (χ3n) is 6.86. The van der Waals surface area contributed by atoms with E-state index in [4.69, 9.17) is 24.3 Å². The van der Waals surface area contributed by atoms with Gasteiger partial charge in [0.15, 0.2) is 5.82 Å². The number of nitrogens with one attached hydrogen (secondary N) is 2. The number of carbonyl (C=O) groups excluding carboxylic acids is 1. The number of fused-ring (bicyclic) bond motifs is 1. The maximum Gasteiger partial charge on any atom is 0.459 e. The largest absolute Gasteiger partial charge is 0.460 e. The summed E-state index contributed by atoms with van der Waals surface area (Å²) in [5, 5.41) is 41.7. The summed E-state index contributed by atoms with van der Waals surface area (Å²) >= 11 is 0. The summed E-state index contributed by atoms with van der Waals surface area (Å²) in [6.45, 7) is 1.85. The third-order valence-corrected chi connectivity index (χ3v) is 8.49.